The number of carbonyl (C=O) groups is 1. The van der Waals surface area contributed by atoms with Crippen molar-refractivity contribution in [2.24, 2.45) is 5.10 Å². The normalized spacial score (nSPS) is 10.5. The van der Waals surface area contributed by atoms with Crippen molar-refractivity contribution in [1.82, 2.24) is 5.43 Å². The molecule has 0 unspecified atom stereocenters. The highest BCUT2D eigenvalue weighted by molar-refractivity contribution is 5.85. The number of carbonyl (C=O) groups excluding carboxylic acids is 1. The smallest absolute Gasteiger partial charge is 0.387 e. The maximum absolute atomic E-state index is 12.3. The van der Waals surface area contributed by atoms with Crippen LogP contribution in [0.25, 0.3) is 0 Å². The van der Waals surface area contributed by atoms with Crippen LogP contribution in [-0.4, -0.2) is 25.3 Å². The van der Waals surface area contributed by atoms with Gasteiger partial charge in [0.15, 0.2) is 6.61 Å². The molecule has 1 amide bonds. The Morgan fingerprint density at radius 2 is 1.96 bits per heavy atom. The molecule has 0 fully saturated rings. The lowest BCUT2D eigenvalue weighted by Crippen LogP contribution is -2.24. The van der Waals surface area contributed by atoms with Crippen molar-refractivity contribution < 1.29 is 23.0 Å². The Morgan fingerprint density at radius 1 is 1.24 bits per heavy atom. The minimum atomic E-state index is -2.95. The van der Waals surface area contributed by atoms with E-state index in [0.29, 0.717) is 11.3 Å². The number of hydrogen-bond donors (Lipinski definition) is 1. The standard InChI is InChI=1S/C17H13F2N3O3/c18-17(19)25-15-4-2-1-3-13(15)10-21-22-16(23)11-24-14-7-5-12(9-20)6-8-14/h1-8,10,17H,11H2,(H,22,23)/b21-10+. The molecule has 128 valence electrons. The number of hydrazone groups is 1. The lowest BCUT2D eigenvalue weighted by atomic mass is 10.2. The van der Waals surface area contributed by atoms with Gasteiger partial charge in [-0.25, -0.2) is 5.43 Å². The van der Waals surface area contributed by atoms with E-state index in [1.807, 2.05) is 6.07 Å². The topological polar surface area (TPSA) is 83.7 Å². The van der Waals surface area contributed by atoms with Crippen LogP contribution in [0.5, 0.6) is 11.5 Å². The number of alkyl halides is 2. The Hall–Kier alpha value is -3.47. The first-order valence-corrected chi connectivity index (χ1v) is 7.07. The fraction of sp³-hybridized carbons (Fsp3) is 0.118. The summed E-state index contributed by atoms with van der Waals surface area (Å²) in [5, 5.41) is 12.4. The average Bonchev–Trinajstić information content (AvgIpc) is 2.61. The van der Waals surface area contributed by atoms with Crippen molar-refractivity contribution in [3.05, 3.63) is 59.7 Å². The molecule has 2 aromatic rings. The number of amides is 1. The predicted molar refractivity (Wildman–Crippen MR) is 85.5 cm³/mol. The van der Waals surface area contributed by atoms with Gasteiger partial charge in [0.25, 0.3) is 5.91 Å². The predicted octanol–water partition coefficient (Wildman–Crippen LogP) is 2.69. The number of nitriles is 1. The summed E-state index contributed by atoms with van der Waals surface area (Å²) >= 11 is 0. The maximum atomic E-state index is 12.3. The fourth-order valence-corrected chi connectivity index (χ4v) is 1.77. The molecule has 0 bridgehead atoms. The maximum Gasteiger partial charge on any atom is 0.387 e. The first-order chi connectivity index (χ1) is 12.1. The third kappa shape index (κ3) is 5.91. The molecule has 0 radical (unpaired) electrons. The summed E-state index contributed by atoms with van der Waals surface area (Å²) in [6.45, 7) is -3.25. The number of nitrogens with one attached hydrogen (secondary N) is 1. The molecule has 25 heavy (non-hydrogen) atoms. The lowest BCUT2D eigenvalue weighted by Gasteiger charge is -2.07. The Morgan fingerprint density at radius 3 is 2.64 bits per heavy atom. The largest absolute Gasteiger partial charge is 0.484 e. The average molecular weight is 345 g/mol. The third-order valence-electron chi connectivity index (χ3n) is 2.88. The molecule has 0 aliphatic heterocycles. The van der Waals surface area contributed by atoms with Gasteiger partial charge in [-0.3, -0.25) is 4.79 Å². The lowest BCUT2D eigenvalue weighted by molar-refractivity contribution is -0.123. The summed E-state index contributed by atoms with van der Waals surface area (Å²) in [6, 6.07) is 14.3. The van der Waals surface area contributed by atoms with E-state index < -0.39 is 12.5 Å². The number of para-hydroxylation sites is 1. The summed E-state index contributed by atoms with van der Waals surface area (Å²) < 4.78 is 34.1. The summed E-state index contributed by atoms with van der Waals surface area (Å²) in [5.74, 6) is -0.161. The van der Waals surface area contributed by atoms with Crippen LogP contribution in [-0.2, 0) is 4.79 Å². The third-order valence-corrected chi connectivity index (χ3v) is 2.88. The van der Waals surface area contributed by atoms with Crippen molar-refractivity contribution in [1.29, 1.82) is 5.26 Å². The second-order valence-corrected chi connectivity index (χ2v) is 4.63. The van der Waals surface area contributed by atoms with Crippen molar-refractivity contribution in [3.8, 4) is 17.6 Å². The Labute approximate surface area is 142 Å². The van der Waals surface area contributed by atoms with Gasteiger partial charge >= 0.3 is 6.61 Å². The zero-order chi connectivity index (χ0) is 18.1. The number of halogens is 2. The molecule has 0 saturated heterocycles. The monoisotopic (exact) mass is 345 g/mol. The SMILES string of the molecule is N#Cc1ccc(OCC(=O)N/N=C/c2ccccc2OC(F)F)cc1. The molecule has 8 heteroatoms. The van der Waals surface area contributed by atoms with E-state index in [-0.39, 0.29) is 17.9 Å². The van der Waals surface area contributed by atoms with Crippen molar-refractivity contribution in [2.75, 3.05) is 6.61 Å². The van der Waals surface area contributed by atoms with Crippen LogP contribution in [0.1, 0.15) is 11.1 Å². The van der Waals surface area contributed by atoms with Gasteiger partial charge in [-0.05, 0) is 36.4 Å². The van der Waals surface area contributed by atoms with Gasteiger partial charge in [-0.15, -0.1) is 0 Å². The minimum absolute atomic E-state index is 0.0515. The minimum Gasteiger partial charge on any atom is -0.484 e. The molecule has 2 rings (SSSR count). The Balaban J connectivity index is 1.85. The van der Waals surface area contributed by atoms with Crippen LogP contribution in [0.15, 0.2) is 53.6 Å². The highest BCUT2D eigenvalue weighted by Crippen LogP contribution is 2.18. The summed E-state index contributed by atoms with van der Waals surface area (Å²) in [7, 11) is 0. The van der Waals surface area contributed by atoms with Gasteiger partial charge < -0.3 is 9.47 Å². The van der Waals surface area contributed by atoms with Crippen LogP contribution >= 0.6 is 0 Å². The van der Waals surface area contributed by atoms with Crippen molar-refractivity contribution in [3.63, 3.8) is 0 Å². The van der Waals surface area contributed by atoms with Gasteiger partial charge in [-0.2, -0.15) is 19.1 Å². The van der Waals surface area contributed by atoms with Gasteiger partial charge in [0.1, 0.15) is 11.5 Å². The number of nitrogens with zero attached hydrogens (tertiary/aromatic N) is 2. The Bertz CT molecular complexity index is 786. The molecule has 0 atom stereocenters. The van der Waals surface area contributed by atoms with Crippen LogP contribution in [0, 0.1) is 11.3 Å². The van der Waals surface area contributed by atoms with E-state index >= 15 is 0 Å². The molecule has 0 spiro atoms. The Kier molecular flexibility index (Phi) is 6.42. The number of benzene rings is 2. The zero-order valence-electron chi connectivity index (χ0n) is 12.9. The van der Waals surface area contributed by atoms with E-state index in [9.17, 15) is 13.6 Å². The molecule has 0 aromatic heterocycles. The number of ether oxygens (including phenoxy) is 2. The number of rotatable bonds is 7. The van der Waals surface area contributed by atoms with Crippen LogP contribution in [0.4, 0.5) is 8.78 Å². The van der Waals surface area contributed by atoms with Gasteiger partial charge in [0, 0.05) is 5.56 Å². The van der Waals surface area contributed by atoms with Gasteiger partial charge in [0.05, 0.1) is 17.8 Å². The van der Waals surface area contributed by atoms with E-state index in [1.54, 1.807) is 36.4 Å². The summed E-state index contributed by atoms with van der Waals surface area (Å²) in [4.78, 5) is 11.6. The molecule has 1 N–H and O–H groups in total. The second-order valence-electron chi connectivity index (χ2n) is 4.63. The molecular weight excluding hydrogens is 332 g/mol. The molecule has 0 heterocycles. The van der Waals surface area contributed by atoms with Gasteiger partial charge in [-0.1, -0.05) is 12.1 Å². The first kappa shape index (κ1) is 17.9. The molecule has 0 aliphatic rings. The molecule has 2 aromatic carbocycles. The molecule has 6 nitrogen and oxygen atoms in total. The van der Waals surface area contributed by atoms with Crippen LogP contribution in [0.3, 0.4) is 0 Å². The van der Waals surface area contributed by atoms with E-state index in [2.05, 4.69) is 15.3 Å². The molecule has 0 aliphatic carbocycles. The van der Waals surface area contributed by atoms with E-state index in [0.717, 1.165) is 0 Å². The summed E-state index contributed by atoms with van der Waals surface area (Å²) in [5.41, 5.74) is 2.98. The highest BCUT2D eigenvalue weighted by atomic mass is 19.3. The number of hydrogen-bond acceptors (Lipinski definition) is 5. The van der Waals surface area contributed by atoms with E-state index in [4.69, 9.17) is 10.00 Å². The first-order valence-electron chi connectivity index (χ1n) is 7.07. The van der Waals surface area contributed by atoms with Crippen molar-refractivity contribution >= 4 is 12.1 Å². The molecular formula is C17H13F2N3O3. The second kappa shape index (κ2) is 8.98. The quantitative estimate of drug-likeness (QED) is 0.618. The van der Waals surface area contributed by atoms with Crippen LogP contribution < -0.4 is 14.9 Å². The van der Waals surface area contributed by atoms with E-state index in [1.165, 1.54) is 18.3 Å². The summed E-state index contributed by atoms with van der Waals surface area (Å²) in [6.07, 6.45) is 1.19. The van der Waals surface area contributed by atoms with Crippen LogP contribution in [0.2, 0.25) is 0 Å². The zero-order valence-corrected chi connectivity index (χ0v) is 12.9. The molecule has 0 saturated carbocycles. The van der Waals surface area contributed by atoms with Crippen molar-refractivity contribution in [2.45, 2.75) is 6.61 Å². The fourth-order valence-electron chi connectivity index (χ4n) is 1.77. The van der Waals surface area contributed by atoms with Gasteiger partial charge in [0.2, 0.25) is 0 Å². The highest BCUT2D eigenvalue weighted by Gasteiger charge is 2.07.